The first-order chi connectivity index (χ1) is 7.96. The van der Waals surface area contributed by atoms with Crippen LogP contribution in [0.15, 0.2) is 30.3 Å². The zero-order chi connectivity index (χ0) is 12.9. The summed E-state index contributed by atoms with van der Waals surface area (Å²) < 4.78 is 5.43. The summed E-state index contributed by atoms with van der Waals surface area (Å²) in [6.45, 7) is 6.44. The molecule has 0 aliphatic rings. The molecule has 1 aromatic carbocycles. The molecular weight excluding hydrogens is 232 g/mol. The van der Waals surface area contributed by atoms with Crippen LogP contribution >= 0.6 is 11.6 Å². The summed E-state index contributed by atoms with van der Waals surface area (Å²) in [6, 6.07) is 10.3. The minimum absolute atomic E-state index is 0.0540. The number of ether oxygens (including phenoxy) is 1. The Balaban J connectivity index is 2.51. The molecule has 17 heavy (non-hydrogen) atoms. The second-order valence-corrected chi connectivity index (χ2v) is 5.76. The smallest absolute Gasteiger partial charge is 0.0622 e. The summed E-state index contributed by atoms with van der Waals surface area (Å²) in [4.78, 5) is 0. The molecule has 1 nitrogen and oxygen atoms in total. The van der Waals surface area contributed by atoms with Gasteiger partial charge in [-0.25, -0.2) is 0 Å². The van der Waals surface area contributed by atoms with Crippen molar-refractivity contribution < 1.29 is 4.74 Å². The van der Waals surface area contributed by atoms with Gasteiger partial charge in [0.15, 0.2) is 0 Å². The fourth-order valence-electron chi connectivity index (χ4n) is 1.79. The molecule has 0 saturated carbocycles. The maximum atomic E-state index is 6.49. The van der Waals surface area contributed by atoms with Crippen LogP contribution in [0, 0.1) is 5.92 Å². The van der Waals surface area contributed by atoms with Crippen LogP contribution in [-0.4, -0.2) is 12.7 Å². The lowest BCUT2D eigenvalue weighted by atomic mass is 9.91. The van der Waals surface area contributed by atoms with E-state index in [1.54, 1.807) is 7.11 Å². The molecular formula is C15H23ClO. The van der Waals surface area contributed by atoms with Gasteiger partial charge >= 0.3 is 0 Å². The second kappa shape index (κ2) is 6.42. The van der Waals surface area contributed by atoms with E-state index in [2.05, 4.69) is 32.9 Å². The van der Waals surface area contributed by atoms with Crippen molar-refractivity contribution in [2.24, 2.45) is 5.92 Å². The zero-order valence-corrected chi connectivity index (χ0v) is 12.0. The van der Waals surface area contributed by atoms with Crippen molar-refractivity contribution >= 4 is 11.6 Å². The number of halogens is 1. The van der Waals surface area contributed by atoms with Crippen LogP contribution in [0.5, 0.6) is 0 Å². The lowest BCUT2D eigenvalue weighted by Gasteiger charge is -2.26. The molecule has 0 saturated heterocycles. The van der Waals surface area contributed by atoms with Crippen molar-refractivity contribution in [1.29, 1.82) is 0 Å². The molecule has 1 rings (SSSR count). The first kappa shape index (κ1) is 14.5. The van der Waals surface area contributed by atoms with E-state index in [9.17, 15) is 0 Å². The van der Waals surface area contributed by atoms with Gasteiger partial charge in [-0.1, -0.05) is 37.3 Å². The van der Waals surface area contributed by atoms with Gasteiger partial charge in [-0.2, -0.15) is 0 Å². The van der Waals surface area contributed by atoms with Crippen LogP contribution in [0.1, 0.15) is 44.6 Å². The largest absolute Gasteiger partial charge is 0.379 e. The van der Waals surface area contributed by atoms with Crippen molar-refractivity contribution in [2.75, 3.05) is 7.11 Å². The molecule has 0 fully saturated rings. The first-order valence-corrected chi connectivity index (χ1v) is 6.64. The predicted molar refractivity (Wildman–Crippen MR) is 74.5 cm³/mol. The Morgan fingerprint density at radius 1 is 1.24 bits per heavy atom. The predicted octanol–water partition coefficient (Wildman–Crippen LogP) is 4.81. The quantitative estimate of drug-likeness (QED) is 0.662. The summed E-state index contributed by atoms with van der Waals surface area (Å²) >= 11 is 6.49. The summed E-state index contributed by atoms with van der Waals surface area (Å²) in [7, 11) is 1.76. The van der Waals surface area contributed by atoms with Gasteiger partial charge in [0.05, 0.1) is 11.0 Å². The Morgan fingerprint density at radius 3 is 2.35 bits per heavy atom. The highest BCUT2D eigenvalue weighted by Crippen LogP contribution is 2.33. The van der Waals surface area contributed by atoms with Crippen molar-refractivity contribution in [3.63, 3.8) is 0 Å². The molecule has 0 heterocycles. The van der Waals surface area contributed by atoms with E-state index in [0.717, 1.165) is 12.8 Å². The van der Waals surface area contributed by atoms with Gasteiger partial charge in [-0.3, -0.25) is 0 Å². The Labute approximate surface area is 110 Å². The van der Waals surface area contributed by atoms with Gasteiger partial charge in [0, 0.05) is 7.11 Å². The molecule has 0 bridgehead atoms. The third kappa shape index (κ3) is 4.69. The maximum Gasteiger partial charge on any atom is 0.0622 e. The molecule has 0 aliphatic carbocycles. The van der Waals surface area contributed by atoms with Gasteiger partial charge in [-0.15, -0.1) is 11.6 Å². The highest BCUT2D eigenvalue weighted by molar-refractivity contribution is 6.20. The standard InChI is InChI=1S/C15H23ClO/c1-12(10-11-15(2,3)17-4)14(16)13-8-6-5-7-9-13/h5-9,12,14H,10-11H2,1-4H3. The fraction of sp³-hybridized carbons (Fsp3) is 0.600. The molecule has 2 heteroatoms. The van der Waals surface area contributed by atoms with E-state index >= 15 is 0 Å². The van der Waals surface area contributed by atoms with Crippen LogP contribution in [0.3, 0.4) is 0 Å². The van der Waals surface area contributed by atoms with Crippen molar-refractivity contribution in [1.82, 2.24) is 0 Å². The van der Waals surface area contributed by atoms with Crippen LogP contribution in [0.25, 0.3) is 0 Å². The lowest BCUT2D eigenvalue weighted by molar-refractivity contribution is 0.0107. The van der Waals surface area contributed by atoms with Crippen LogP contribution in [-0.2, 0) is 4.74 Å². The molecule has 2 atom stereocenters. The number of rotatable bonds is 6. The third-order valence-electron chi connectivity index (χ3n) is 3.37. The Bertz CT molecular complexity index is 321. The summed E-state index contributed by atoms with van der Waals surface area (Å²) in [5, 5.41) is 0.0869. The number of alkyl halides is 1. The van der Waals surface area contributed by atoms with Crippen molar-refractivity contribution in [2.45, 2.75) is 44.6 Å². The Hall–Kier alpha value is -0.530. The molecule has 2 unspecified atom stereocenters. The third-order valence-corrected chi connectivity index (χ3v) is 4.05. The van der Waals surface area contributed by atoms with Crippen LogP contribution in [0.4, 0.5) is 0 Å². The summed E-state index contributed by atoms with van der Waals surface area (Å²) in [6.07, 6.45) is 2.10. The molecule has 0 amide bonds. The van der Waals surface area contributed by atoms with E-state index in [4.69, 9.17) is 16.3 Å². The van der Waals surface area contributed by atoms with Gasteiger partial charge < -0.3 is 4.74 Å². The Kier molecular flexibility index (Phi) is 5.48. The monoisotopic (exact) mass is 254 g/mol. The van der Waals surface area contributed by atoms with Gasteiger partial charge in [0.2, 0.25) is 0 Å². The maximum absolute atomic E-state index is 6.49. The van der Waals surface area contributed by atoms with Crippen LogP contribution < -0.4 is 0 Å². The van der Waals surface area contributed by atoms with E-state index in [1.165, 1.54) is 5.56 Å². The average molecular weight is 255 g/mol. The van der Waals surface area contributed by atoms with Gasteiger partial charge in [0.1, 0.15) is 0 Å². The molecule has 0 aromatic heterocycles. The van der Waals surface area contributed by atoms with Crippen molar-refractivity contribution in [3.05, 3.63) is 35.9 Å². The SMILES string of the molecule is COC(C)(C)CCC(C)C(Cl)c1ccccc1. The molecule has 0 spiro atoms. The van der Waals surface area contributed by atoms with Gasteiger partial charge in [0.25, 0.3) is 0 Å². The average Bonchev–Trinajstić information content (AvgIpc) is 2.36. The van der Waals surface area contributed by atoms with Gasteiger partial charge in [-0.05, 0) is 38.2 Å². The summed E-state index contributed by atoms with van der Waals surface area (Å²) in [5.41, 5.74) is 1.15. The number of benzene rings is 1. The highest BCUT2D eigenvalue weighted by atomic mass is 35.5. The zero-order valence-electron chi connectivity index (χ0n) is 11.2. The normalized spacial score (nSPS) is 15.6. The van der Waals surface area contributed by atoms with E-state index in [1.807, 2.05) is 18.2 Å². The summed E-state index contributed by atoms with van der Waals surface area (Å²) in [5.74, 6) is 0.452. The number of hydrogen-bond donors (Lipinski definition) is 0. The Morgan fingerprint density at radius 2 is 1.82 bits per heavy atom. The van der Waals surface area contributed by atoms with Crippen LogP contribution in [0.2, 0.25) is 0 Å². The lowest BCUT2D eigenvalue weighted by Crippen LogP contribution is -2.23. The molecule has 96 valence electrons. The minimum Gasteiger partial charge on any atom is -0.379 e. The number of methoxy groups -OCH3 is 1. The number of hydrogen-bond acceptors (Lipinski definition) is 1. The second-order valence-electron chi connectivity index (χ2n) is 5.29. The molecule has 0 N–H and O–H groups in total. The van der Waals surface area contributed by atoms with Crippen molar-refractivity contribution in [3.8, 4) is 0 Å². The first-order valence-electron chi connectivity index (χ1n) is 6.20. The minimum atomic E-state index is -0.0540. The molecule has 1 aromatic rings. The highest BCUT2D eigenvalue weighted by Gasteiger charge is 2.21. The molecule has 0 radical (unpaired) electrons. The topological polar surface area (TPSA) is 9.23 Å². The van der Waals surface area contributed by atoms with E-state index in [0.29, 0.717) is 5.92 Å². The van der Waals surface area contributed by atoms with E-state index in [-0.39, 0.29) is 11.0 Å². The van der Waals surface area contributed by atoms with E-state index < -0.39 is 0 Å². The fourth-order valence-corrected chi connectivity index (χ4v) is 2.06. The molecule has 0 aliphatic heterocycles.